The number of aryl methyl sites for hydroxylation is 2. The van der Waals surface area contributed by atoms with Crippen molar-refractivity contribution in [2.24, 2.45) is 4.99 Å². The fourth-order valence-corrected chi connectivity index (χ4v) is 2.90. The molecule has 0 aliphatic rings. The average molecular weight is 491 g/mol. The fraction of sp³-hybridized carbons (Fsp3) is 0.474. The highest BCUT2D eigenvalue weighted by molar-refractivity contribution is 14.0. The van der Waals surface area contributed by atoms with Crippen molar-refractivity contribution in [3.05, 3.63) is 52.2 Å². The van der Waals surface area contributed by atoms with Crippen molar-refractivity contribution in [2.75, 3.05) is 13.1 Å². The van der Waals surface area contributed by atoms with Gasteiger partial charge in [-0.2, -0.15) is 0 Å². The summed E-state index contributed by atoms with van der Waals surface area (Å²) in [6, 6.07) is 7.94. The number of benzene rings is 1. The van der Waals surface area contributed by atoms with E-state index in [1.807, 2.05) is 39.0 Å². The molecule has 0 amide bonds. The van der Waals surface area contributed by atoms with E-state index < -0.39 is 0 Å². The highest BCUT2D eigenvalue weighted by atomic mass is 127. The molecule has 2 rings (SSSR count). The highest BCUT2D eigenvalue weighted by Crippen LogP contribution is 2.28. The monoisotopic (exact) mass is 490 g/mol. The zero-order valence-corrected chi connectivity index (χ0v) is 19.1. The smallest absolute Gasteiger partial charge is 0.216 e. The summed E-state index contributed by atoms with van der Waals surface area (Å²) in [6.07, 6.45) is 0. The van der Waals surface area contributed by atoms with Crippen LogP contribution in [0.2, 0.25) is 5.02 Å². The molecule has 1 aromatic heterocycles. The Balaban J connectivity index is 0.00000338. The molecule has 2 N–H and O–H groups in total. The summed E-state index contributed by atoms with van der Waals surface area (Å²) >= 11 is 6.35. The van der Waals surface area contributed by atoms with Crippen LogP contribution >= 0.6 is 35.6 Å². The van der Waals surface area contributed by atoms with Gasteiger partial charge in [0.25, 0.3) is 0 Å². The number of hydrogen-bond donors (Lipinski definition) is 2. The van der Waals surface area contributed by atoms with Crippen molar-refractivity contribution in [1.29, 1.82) is 0 Å². The maximum atomic E-state index is 6.35. The fourth-order valence-electron chi connectivity index (χ4n) is 2.51. The van der Waals surface area contributed by atoms with E-state index in [-0.39, 0.29) is 29.4 Å². The topological polar surface area (TPSA) is 62.5 Å². The Hall–Kier alpha value is -1.28. The maximum absolute atomic E-state index is 6.35. The molecule has 0 saturated heterocycles. The average Bonchev–Trinajstić information content (AvgIpc) is 2.88. The van der Waals surface area contributed by atoms with E-state index in [2.05, 4.69) is 40.5 Å². The molecule has 0 unspecified atom stereocenters. The van der Waals surface area contributed by atoms with Crippen molar-refractivity contribution < 1.29 is 4.42 Å². The lowest BCUT2D eigenvalue weighted by Crippen LogP contribution is -2.43. The number of rotatable bonds is 6. The minimum absolute atomic E-state index is 0. The van der Waals surface area contributed by atoms with Crippen molar-refractivity contribution in [3.63, 3.8) is 0 Å². The summed E-state index contributed by atoms with van der Waals surface area (Å²) in [6.45, 7) is 12.1. The predicted molar refractivity (Wildman–Crippen MR) is 119 cm³/mol. The summed E-state index contributed by atoms with van der Waals surface area (Å²) in [4.78, 5) is 8.93. The Morgan fingerprint density at radius 3 is 2.50 bits per heavy atom. The number of oxazole rings is 1. The van der Waals surface area contributed by atoms with Gasteiger partial charge in [0.2, 0.25) is 5.89 Å². The summed E-state index contributed by atoms with van der Waals surface area (Å²) < 4.78 is 5.58. The van der Waals surface area contributed by atoms with Crippen LogP contribution in [-0.4, -0.2) is 24.0 Å². The van der Waals surface area contributed by atoms with Gasteiger partial charge in [-0.25, -0.2) is 9.98 Å². The molecule has 0 aliphatic heterocycles. The van der Waals surface area contributed by atoms with Gasteiger partial charge in [-0.15, -0.1) is 24.0 Å². The minimum atomic E-state index is -0.134. The molecule has 2 aromatic rings. The number of nitrogens with zero attached hydrogens (tertiary/aromatic N) is 2. The first-order valence-corrected chi connectivity index (χ1v) is 8.91. The Kier molecular flexibility index (Phi) is 8.89. The summed E-state index contributed by atoms with van der Waals surface area (Å²) in [5.41, 5.74) is 1.88. The van der Waals surface area contributed by atoms with Gasteiger partial charge in [0.15, 0.2) is 5.96 Å². The standard InChI is InChI=1S/C19H27ClN4O.HI/c1-6-21-18(22-11-17-24-13(2)14(3)25-17)23-12-19(4,5)15-9-7-8-10-16(15)20;/h7-10H,6,11-12H2,1-5H3,(H2,21,22,23);1H. The lowest BCUT2D eigenvalue weighted by atomic mass is 9.84. The van der Waals surface area contributed by atoms with Crippen molar-refractivity contribution in [2.45, 2.75) is 46.6 Å². The van der Waals surface area contributed by atoms with Gasteiger partial charge in [-0.1, -0.05) is 43.6 Å². The van der Waals surface area contributed by atoms with Gasteiger partial charge in [-0.3, -0.25) is 0 Å². The molecule has 0 spiro atoms. The molecule has 7 heteroatoms. The van der Waals surface area contributed by atoms with Crippen molar-refractivity contribution in [3.8, 4) is 0 Å². The first-order valence-electron chi connectivity index (χ1n) is 8.53. The molecule has 5 nitrogen and oxygen atoms in total. The molecule has 1 heterocycles. The zero-order chi connectivity index (χ0) is 18.4. The van der Waals surface area contributed by atoms with E-state index in [4.69, 9.17) is 16.0 Å². The SMILES string of the molecule is CCNC(=NCc1nc(C)c(C)o1)NCC(C)(C)c1ccccc1Cl.I. The number of halogens is 2. The van der Waals surface area contributed by atoms with E-state index in [0.717, 1.165) is 34.5 Å². The van der Waals surface area contributed by atoms with Crippen LogP contribution in [-0.2, 0) is 12.0 Å². The van der Waals surface area contributed by atoms with E-state index in [1.54, 1.807) is 0 Å². The summed E-state index contributed by atoms with van der Waals surface area (Å²) in [5.74, 6) is 2.19. The van der Waals surface area contributed by atoms with E-state index in [9.17, 15) is 0 Å². The number of aliphatic imine (C=N–C) groups is 1. The molecule has 0 atom stereocenters. The molecule has 0 fully saturated rings. The lowest BCUT2D eigenvalue weighted by molar-refractivity contribution is 0.471. The Morgan fingerprint density at radius 1 is 1.23 bits per heavy atom. The molecule has 1 aromatic carbocycles. The molecule has 26 heavy (non-hydrogen) atoms. The summed E-state index contributed by atoms with van der Waals surface area (Å²) in [5, 5.41) is 7.42. The second-order valence-corrected chi connectivity index (χ2v) is 7.07. The van der Waals surface area contributed by atoms with Crippen LogP contribution in [0.15, 0.2) is 33.7 Å². The third-order valence-electron chi connectivity index (χ3n) is 4.09. The van der Waals surface area contributed by atoms with Crippen molar-refractivity contribution >= 4 is 41.5 Å². The quantitative estimate of drug-likeness (QED) is 0.353. The van der Waals surface area contributed by atoms with Gasteiger partial charge in [0.1, 0.15) is 12.3 Å². The predicted octanol–water partition coefficient (Wildman–Crippen LogP) is 4.60. The van der Waals surface area contributed by atoms with Gasteiger partial charge in [0, 0.05) is 23.5 Å². The summed E-state index contributed by atoms with van der Waals surface area (Å²) in [7, 11) is 0. The van der Waals surface area contributed by atoms with Crippen LogP contribution in [0.5, 0.6) is 0 Å². The van der Waals surface area contributed by atoms with Crippen LogP contribution in [0.1, 0.15) is 43.7 Å². The van der Waals surface area contributed by atoms with Gasteiger partial charge in [-0.05, 0) is 32.4 Å². The van der Waals surface area contributed by atoms with Crippen LogP contribution in [0.25, 0.3) is 0 Å². The number of guanidine groups is 1. The van der Waals surface area contributed by atoms with E-state index >= 15 is 0 Å². The molecule has 144 valence electrons. The van der Waals surface area contributed by atoms with Gasteiger partial charge >= 0.3 is 0 Å². The largest absolute Gasteiger partial charge is 0.444 e. The lowest BCUT2D eigenvalue weighted by Gasteiger charge is -2.27. The first-order chi connectivity index (χ1) is 11.8. The van der Waals surface area contributed by atoms with Gasteiger partial charge in [0.05, 0.1) is 5.69 Å². The van der Waals surface area contributed by atoms with E-state index in [1.165, 1.54) is 0 Å². The molecule has 0 aliphatic carbocycles. The molecular weight excluding hydrogens is 463 g/mol. The molecule has 0 radical (unpaired) electrons. The Labute approximate surface area is 178 Å². The molecule has 0 bridgehead atoms. The van der Waals surface area contributed by atoms with Crippen LogP contribution in [0.4, 0.5) is 0 Å². The Bertz CT molecular complexity index is 723. The minimum Gasteiger partial charge on any atom is -0.444 e. The number of aromatic nitrogens is 1. The zero-order valence-electron chi connectivity index (χ0n) is 16.0. The van der Waals surface area contributed by atoms with E-state index in [0.29, 0.717) is 19.0 Å². The number of hydrogen-bond acceptors (Lipinski definition) is 3. The first kappa shape index (κ1) is 22.8. The maximum Gasteiger partial charge on any atom is 0.216 e. The van der Waals surface area contributed by atoms with Crippen LogP contribution in [0, 0.1) is 13.8 Å². The molecule has 0 saturated carbocycles. The van der Waals surface area contributed by atoms with Gasteiger partial charge < -0.3 is 15.1 Å². The molecular formula is C19H28ClIN4O. The number of nitrogens with one attached hydrogen (secondary N) is 2. The highest BCUT2D eigenvalue weighted by Gasteiger charge is 2.23. The third-order valence-corrected chi connectivity index (χ3v) is 4.42. The van der Waals surface area contributed by atoms with Crippen molar-refractivity contribution in [1.82, 2.24) is 15.6 Å². The second kappa shape index (κ2) is 10.2. The Morgan fingerprint density at radius 2 is 1.92 bits per heavy atom. The second-order valence-electron chi connectivity index (χ2n) is 6.66. The van der Waals surface area contributed by atoms with Crippen LogP contribution < -0.4 is 10.6 Å². The van der Waals surface area contributed by atoms with Crippen LogP contribution in [0.3, 0.4) is 0 Å². The third kappa shape index (κ3) is 6.16. The normalized spacial score (nSPS) is 11.8.